The predicted octanol–water partition coefficient (Wildman–Crippen LogP) is 1.65. The Morgan fingerprint density at radius 2 is 2.20 bits per heavy atom. The Morgan fingerprint density at radius 1 is 1.40 bits per heavy atom. The average Bonchev–Trinajstić information content (AvgIpc) is 2.43. The molecule has 1 fully saturated rings. The van der Waals surface area contributed by atoms with Crippen LogP contribution in [-0.2, 0) is 14.8 Å². The number of rotatable bonds is 5. The van der Waals surface area contributed by atoms with E-state index in [0.717, 1.165) is 38.0 Å². The second-order valence-electron chi connectivity index (χ2n) is 4.86. The third-order valence-electron chi connectivity index (χ3n) is 3.31. The van der Waals surface area contributed by atoms with E-state index in [9.17, 15) is 12.8 Å². The number of nitrogens with one attached hydrogen (secondary N) is 1. The van der Waals surface area contributed by atoms with Crippen LogP contribution in [0.25, 0.3) is 0 Å². The average molecular weight is 302 g/mol. The number of sulfonamides is 1. The number of hydrogen-bond acceptors (Lipinski definition) is 4. The van der Waals surface area contributed by atoms with E-state index in [1.807, 2.05) is 0 Å². The van der Waals surface area contributed by atoms with Crippen LogP contribution in [0.15, 0.2) is 23.1 Å². The molecule has 1 aromatic carbocycles. The van der Waals surface area contributed by atoms with E-state index >= 15 is 0 Å². The molecule has 0 spiro atoms. The predicted molar refractivity (Wildman–Crippen MR) is 74.2 cm³/mol. The highest BCUT2D eigenvalue weighted by Crippen LogP contribution is 2.18. The van der Waals surface area contributed by atoms with Gasteiger partial charge in [0, 0.05) is 13.2 Å². The number of halogens is 1. The molecule has 0 aliphatic carbocycles. The number of nitrogens with two attached hydrogens (primary N) is 1. The van der Waals surface area contributed by atoms with Gasteiger partial charge in [0.15, 0.2) is 0 Å². The molecule has 7 heteroatoms. The molecule has 5 nitrogen and oxygen atoms in total. The molecule has 0 radical (unpaired) electrons. The molecule has 1 saturated heterocycles. The van der Waals surface area contributed by atoms with E-state index in [-0.39, 0.29) is 16.7 Å². The van der Waals surface area contributed by atoms with Gasteiger partial charge in [0.1, 0.15) is 5.82 Å². The van der Waals surface area contributed by atoms with Crippen LogP contribution in [0.1, 0.15) is 25.7 Å². The van der Waals surface area contributed by atoms with Gasteiger partial charge in [-0.15, -0.1) is 0 Å². The summed E-state index contributed by atoms with van der Waals surface area (Å²) >= 11 is 0. The fraction of sp³-hybridized carbons (Fsp3) is 0.538. The van der Waals surface area contributed by atoms with Gasteiger partial charge < -0.3 is 10.5 Å². The van der Waals surface area contributed by atoms with Crippen LogP contribution in [0.2, 0.25) is 0 Å². The van der Waals surface area contributed by atoms with E-state index in [1.54, 1.807) is 0 Å². The molecule has 1 aliphatic rings. The first-order valence-corrected chi connectivity index (χ1v) is 8.13. The van der Waals surface area contributed by atoms with Gasteiger partial charge in [-0.2, -0.15) is 0 Å². The topological polar surface area (TPSA) is 81.4 Å². The van der Waals surface area contributed by atoms with Crippen molar-refractivity contribution in [2.24, 2.45) is 0 Å². The van der Waals surface area contributed by atoms with Crippen molar-refractivity contribution in [3.05, 3.63) is 24.0 Å². The van der Waals surface area contributed by atoms with Crippen molar-refractivity contribution < 1.29 is 17.5 Å². The maximum Gasteiger partial charge on any atom is 0.240 e. The normalized spacial score (nSPS) is 19.9. The summed E-state index contributed by atoms with van der Waals surface area (Å²) in [6.07, 6.45) is 3.90. The zero-order chi connectivity index (χ0) is 14.6. The summed E-state index contributed by atoms with van der Waals surface area (Å²) in [6.45, 7) is 1.04. The van der Waals surface area contributed by atoms with Gasteiger partial charge in [0.25, 0.3) is 0 Å². The Hall–Kier alpha value is -1.18. The third kappa shape index (κ3) is 3.91. The lowest BCUT2D eigenvalue weighted by atomic mass is 10.1. The Kier molecular flexibility index (Phi) is 4.95. The second kappa shape index (κ2) is 6.51. The first kappa shape index (κ1) is 15.2. The molecule has 1 aliphatic heterocycles. The summed E-state index contributed by atoms with van der Waals surface area (Å²) in [4.78, 5) is -0.0269. The Bertz CT molecular complexity index is 557. The Balaban J connectivity index is 1.91. The highest BCUT2D eigenvalue weighted by Gasteiger charge is 2.18. The number of ether oxygens (including phenoxy) is 1. The zero-order valence-corrected chi connectivity index (χ0v) is 12.0. The standard InChI is InChI=1S/C13H19FN2O3S/c14-12-5-4-11(9-13(12)15)20(17,18)16-7-6-10-3-1-2-8-19-10/h4-5,9-10,16H,1-3,6-8,15H2. The monoisotopic (exact) mass is 302 g/mol. The van der Waals surface area contributed by atoms with Crippen LogP contribution < -0.4 is 10.5 Å². The smallest absolute Gasteiger partial charge is 0.240 e. The molecule has 0 bridgehead atoms. The molecule has 1 heterocycles. The first-order chi connectivity index (χ1) is 9.49. The molecule has 1 aromatic rings. The third-order valence-corrected chi connectivity index (χ3v) is 4.77. The fourth-order valence-electron chi connectivity index (χ4n) is 2.16. The molecule has 1 atom stereocenters. The SMILES string of the molecule is Nc1cc(S(=O)(=O)NCCC2CCCCO2)ccc1F. The van der Waals surface area contributed by atoms with Crippen molar-refractivity contribution in [3.8, 4) is 0 Å². The molecular formula is C13H19FN2O3S. The maximum absolute atomic E-state index is 13.0. The summed E-state index contributed by atoms with van der Waals surface area (Å²) in [6, 6.07) is 3.37. The number of nitrogen functional groups attached to an aromatic ring is 1. The molecule has 1 unspecified atom stereocenters. The lowest BCUT2D eigenvalue weighted by Gasteiger charge is -2.22. The molecule has 0 saturated carbocycles. The van der Waals surface area contributed by atoms with Crippen LogP contribution in [0.5, 0.6) is 0 Å². The number of anilines is 1. The molecule has 2 rings (SSSR count). The number of benzene rings is 1. The molecule has 0 amide bonds. The van der Waals surface area contributed by atoms with Gasteiger partial charge in [0.05, 0.1) is 16.7 Å². The van der Waals surface area contributed by atoms with Crippen LogP contribution in [0.4, 0.5) is 10.1 Å². The molecule has 20 heavy (non-hydrogen) atoms. The van der Waals surface area contributed by atoms with Gasteiger partial charge >= 0.3 is 0 Å². The largest absolute Gasteiger partial charge is 0.396 e. The summed E-state index contributed by atoms with van der Waals surface area (Å²) in [7, 11) is -3.65. The van der Waals surface area contributed by atoms with Crippen molar-refractivity contribution in [1.29, 1.82) is 0 Å². The van der Waals surface area contributed by atoms with Crippen molar-refractivity contribution in [2.75, 3.05) is 18.9 Å². The van der Waals surface area contributed by atoms with Crippen molar-refractivity contribution in [1.82, 2.24) is 4.72 Å². The summed E-state index contributed by atoms with van der Waals surface area (Å²) < 4.78 is 45.1. The highest BCUT2D eigenvalue weighted by atomic mass is 32.2. The molecular weight excluding hydrogens is 283 g/mol. The minimum absolute atomic E-state index is 0.0269. The van der Waals surface area contributed by atoms with E-state index in [0.29, 0.717) is 13.0 Å². The van der Waals surface area contributed by atoms with E-state index in [4.69, 9.17) is 10.5 Å². The Labute approximate surface area is 118 Å². The second-order valence-corrected chi connectivity index (χ2v) is 6.63. The molecule has 0 aromatic heterocycles. The Morgan fingerprint density at radius 3 is 2.85 bits per heavy atom. The van der Waals surface area contributed by atoms with E-state index < -0.39 is 15.8 Å². The van der Waals surface area contributed by atoms with E-state index in [1.165, 1.54) is 6.07 Å². The van der Waals surface area contributed by atoms with Crippen LogP contribution in [0, 0.1) is 5.82 Å². The van der Waals surface area contributed by atoms with Crippen LogP contribution in [-0.4, -0.2) is 27.7 Å². The minimum Gasteiger partial charge on any atom is -0.396 e. The fourth-order valence-corrected chi connectivity index (χ4v) is 3.24. The minimum atomic E-state index is -3.65. The van der Waals surface area contributed by atoms with E-state index in [2.05, 4.69) is 4.72 Å². The number of hydrogen-bond donors (Lipinski definition) is 2. The highest BCUT2D eigenvalue weighted by molar-refractivity contribution is 7.89. The maximum atomic E-state index is 13.0. The van der Waals surface area contributed by atoms with Gasteiger partial charge in [-0.3, -0.25) is 0 Å². The van der Waals surface area contributed by atoms with Crippen LogP contribution in [0.3, 0.4) is 0 Å². The molecule has 112 valence electrons. The van der Waals surface area contributed by atoms with Crippen molar-refractivity contribution in [3.63, 3.8) is 0 Å². The van der Waals surface area contributed by atoms with Gasteiger partial charge in [-0.25, -0.2) is 17.5 Å². The quantitative estimate of drug-likeness (QED) is 0.810. The molecule has 3 N–H and O–H groups in total. The first-order valence-electron chi connectivity index (χ1n) is 6.65. The van der Waals surface area contributed by atoms with Crippen molar-refractivity contribution in [2.45, 2.75) is 36.7 Å². The van der Waals surface area contributed by atoms with Gasteiger partial charge in [0.2, 0.25) is 10.0 Å². The summed E-state index contributed by atoms with van der Waals surface area (Å²) in [5.41, 5.74) is 5.20. The lowest BCUT2D eigenvalue weighted by molar-refractivity contribution is 0.0123. The summed E-state index contributed by atoms with van der Waals surface area (Å²) in [5, 5.41) is 0. The summed E-state index contributed by atoms with van der Waals surface area (Å²) in [5.74, 6) is -0.625. The zero-order valence-electron chi connectivity index (χ0n) is 11.1. The van der Waals surface area contributed by atoms with Gasteiger partial charge in [-0.05, 0) is 43.9 Å². The van der Waals surface area contributed by atoms with Gasteiger partial charge in [-0.1, -0.05) is 0 Å². The van der Waals surface area contributed by atoms with Crippen molar-refractivity contribution >= 4 is 15.7 Å². The lowest BCUT2D eigenvalue weighted by Crippen LogP contribution is -2.29. The van der Waals surface area contributed by atoms with Crippen LogP contribution >= 0.6 is 0 Å².